The van der Waals surface area contributed by atoms with Crippen LogP contribution in [0.3, 0.4) is 0 Å². The molecule has 0 bridgehead atoms. The predicted molar refractivity (Wildman–Crippen MR) is 273 cm³/mol. The van der Waals surface area contributed by atoms with Gasteiger partial charge in [0.25, 0.3) is 0 Å². The monoisotopic (exact) mass is 976 g/mol. The SMILES string of the molecule is CC(C)n1cnc2cc(-c3ccc4c(c3)N(C3CC(N5CCCCC5)C3)C(=O)C43CCN(C(=O)C4CC45CCN(C(=O)C4CCN(c6ccc(C7CCC(=O)NC7=O)cn6)CC4)C5)CC3)nc(NC3CC3)c21. The van der Waals surface area contributed by atoms with Gasteiger partial charge in [-0.1, -0.05) is 24.6 Å². The van der Waals surface area contributed by atoms with Crippen LogP contribution in [0.2, 0.25) is 0 Å². The Bertz CT molecular complexity index is 2830. The summed E-state index contributed by atoms with van der Waals surface area (Å²) in [7, 11) is 0. The quantitative estimate of drug-likeness (QED) is 0.166. The van der Waals surface area contributed by atoms with Gasteiger partial charge in [0.2, 0.25) is 29.5 Å². The van der Waals surface area contributed by atoms with Gasteiger partial charge in [0.05, 0.1) is 28.9 Å². The van der Waals surface area contributed by atoms with Gasteiger partial charge in [0.15, 0.2) is 5.82 Å². The van der Waals surface area contributed by atoms with Gasteiger partial charge in [-0.25, -0.2) is 15.0 Å². The van der Waals surface area contributed by atoms with E-state index in [1.54, 1.807) is 6.20 Å². The van der Waals surface area contributed by atoms with Crippen molar-refractivity contribution < 1.29 is 24.0 Å². The number of carbonyl (C=O) groups is 5. The van der Waals surface area contributed by atoms with Gasteiger partial charge in [-0.3, -0.25) is 29.3 Å². The van der Waals surface area contributed by atoms with Crippen LogP contribution in [0, 0.1) is 17.3 Å². The lowest BCUT2D eigenvalue weighted by Gasteiger charge is -2.48. The minimum atomic E-state index is -0.671. The number of pyridine rings is 2. The fourth-order valence-corrected chi connectivity index (χ4v) is 14.0. The maximum atomic E-state index is 15.3. The van der Waals surface area contributed by atoms with Crippen molar-refractivity contribution >= 4 is 57.9 Å². The van der Waals surface area contributed by atoms with Crippen LogP contribution in [0.1, 0.15) is 133 Å². The van der Waals surface area contributed by atoms with Crippen molar-refractivity contribution in [1.82, 2.24) is 39.5 Å². The zero-order valence-corrected chi connectivity index (χ0v) is 42.0. The van der Waals surface area contributed by atoms with E-state index in [-0.39, 0.29) is 64.8 Å². The molecule has 5 saturated heterocycles. The van der Waals surface area contributed by atoms with Crippen LogP contribution < -0.4 is 20.4 Å². The molecule has 3 aromatic heterocycles. The van der Waals surface area contributed by atoms with Gasteiger partial charge >= 0.3 is 0 Å². The molecule has 9 aliphatic rings. The molecular formula is C56H69N11O5. The molecule has 378 valence electrons. The fraction of sp³-hybridized carbons (Fsp3) is 0.607. The number of benzene rings is 1. The van der Waals surface area contributed by atoms with Crippen molar-refractivity contribution in [1.29, 1.82) is 0 Å². The van der Waals surface area contributed by atoms with Crippen molar-refractivity contribution in [2.75, 3.05) is 67.5 Å². The Balaban J connectivity index is 0.670. The van der Waals surface area contributed by atoms with Crippen molar-refractivity contribution in [3.05, 3.63) is 60.0 Å². The van der Waals surface area contributed by atoms with Gasteiger partial charge < -0.3 is 34.4 Å². The second kappa shape index (κ2) is 17.7. The van der Waals surface area contributed by atoms with Crippen LogP contribution >= 0.6 is 0 Å². The van der Waals surface area contributed by atoms with Gasteiger partial charge in [-0.15, -0.1) is 0 Å². The van der Waals surface area contributed by atoms with E-state index in [4.69, 9.17) is 9.97 Å². The first kappa shape index (κ1) is 45.9. The zero-order valence-electron chi connectivity index (χ0n) is 42.0. The number of imide groups is 1. The van der Waals surface area contributed by atoms with E-state index in [0.717, 1.165) is 128 Å². The molecule has 16 heteroatoms. The van der Waals surface area contributed by atoms with E-state index in [9.17, 15) is 19.2 Å². The highest BCUT2D eigenvalue weighted by molar-refractivity contribution is 6.09. The Morgan fingerprint density at radius 2 is 1.58 bits per heavy atom. The number of nitrogens with zero attached hydrogens (tertiary/aromatic N) is 9. The maximum Gasteiger partial charge on any atom is 0.238 e. The predicted octanol–water partition coefficient (Wildman–Crippen LogP) is 6.55. The van der Waals surface area contributed by atoms with Crippen LogP contribution in [0.25, 0.3) is 22.3 Å². The van der Waals surface area contributed by atoms with E-state index in [1.807, 2.05) is 28.3 Å². The number of hydrogen-bond acceptors (Lipinski definition) is 11. The molecule has 2 N–H and O–H groups in total. The van der Waals surface area contributed by atoms with Gasteiger partial charge in [-0.05, 0) is 140 Å². The van der Waals surface area contributed by atoms with Crippen molar-refractivity contribution in [3.8, 4) is 11.3 Å². The summed E-state index contributed by atoms with van der Waals surface area (Å²) >= 11 is 0. The molecule has 13 rings (SSSR count). The van der Waals surface area contributed by atoms with Gasteiger partial charge in [0.1, 0.15) is 11.3 Å². The molecule has 0 radical (unpaired) electrons. The first-order valence-electron chi connectivity index (χ1n) is 27.4. The number of aromatic nitrogens is 4. The number of nitrogens with one attached hydrogen (secondary N) is 2. The maximum absolute atomic E-state index is 15.3. The standard InChI is InChI=1S/C56H69N11O5/c1-34(2)66-33-58-45-29-44(60-50(49(45)66)59-38-8-9-38)36-6-11-42-46(26-36)67(40-27-39(28-40)62-19-4-3-5-20-62)54(72)56(42)17-24-64(25-18-56)53(71)43-30-55(43)16-23-65(32-55)52(70)35-14-21-63(22-15-35)47-12-7-37(31-57-47)41-10-13-48(68)61-51(41)69/h6-7,11-12,26,29,31,33-35,38-41,43H,3-5,8-10,13-25,27-28,30,32H2,1-2H3,(H,59,60)(H,61,68,69). The average Bonchev–Trinajstić information content (AvgIpc) is 4.21. The third-order valence-electron chi connectivity index (χ3n) is 18.8. The molecule has 4 aromatic rings. The summed E-state index contributed by atoms with van der Waals surface area (Å²) < 4.78 is 2.20. The Hall–Kier alpha value is -5.90. The third kappa shape index (κ3) is 7.87. The highest BCUT2D eigenvalue weighted by Gasteiger charge is 2.63. The number of piperidine rings is 4. The Morgan fingerprint density at radius 1 is 0.806 bits per heavy atom. The number of fused-ring (bicyclic) bond motifs is 3. The topological polar surface area (TPSA) is 169 Å². The lowest BCUT2D eigenvalue weighted by atomic mass is 9.73. The fourth-order valence-electron chi connectivity index (χ4n) is 14.0. The summed E-state index contributed by atoms with van der Waals surface area (Å²) in [5.74, 6) is 1.33. The molecule has 3 aliphatic carbocycles. The van der Waals surface area contributed by atoms with E-state index in [1.165, 1.54) is 19.3 Å². The molecule has 8 fully saturated rings. The summed E-state index contributed by atoms with van der Waals surface area (Å²) in [5, 5.41) is 6.14. The molecule has 3 saturated carbocycles. The molecule has 3 atom stereocenters. The molecular weight excluding hydrogens is 907 g/mol. The molecule has 6 aliphatic heterocycles. The van der Waals surface area contributed by atoms with Crippen LogP contribution in [0.5, 0.6) is 0 Å². The molecule has 72 heavy (non-hydrogen) atoms. The lowest BCUT2D eigenvalue weighted by molar-refractivity contribution is -0.138. The minimum absolute atomic E-state index is 0.0558. The van der Waals surface area contributed by atoms with Gasteiger partial charge in [0, 0.05) is 105 Å². The highest BCUT2D eigenvalue weighted by atomic mass is 16.2. The number of amides is 5. The average molecular weight is 976 g/mol. The summed E-state index contributed by atoms with van der Waals surface area (Å²) in [6.07, 6.45) is 17.0. The van der Waals surface area contributed by atoms with Crippen LogP contribution in [-0.2, 0) is 29.4 Å². The molecule has 2 spiro atoms. The second-order valence-electron chi connectivity index (χ2n) is 23.4. The first-order chi connectivity index (χ1) is 34.9. The number of anilines is 3. The number of hydrogen-bond donors (Lipinski definition) is 2. The van der Waals surface area contributed by atoms with Crippen LogP contribution in [0.15, 0.2) is 48.9 Å². The lowest BCUT2D eigenvalue weighted by Crippen LogP contribution is -2.58. The number of carbonyl (C=O) groups excluding carboxylic acids is 5. The molecule has 9 heterocycles. The molecule has 3 unspecified atom stereocenters. The second-order valence-corrected chi connectivity index (χ2v) is 23.4. The Kier molecular flexibility index (Phi) is 11.3. The van der Waals surface area contributed by atoms with E-state index >= 15 is 4.79 Å². The normalized spacial score (nSPS) is 28.6. The van der Waals surface area contributed by atoms with E-state index in [2.05, 4.69) is 73.0 Å². The van der Waals surface area contributed by atoms with Crippen molar-refractivity contribution in [2.45, 2.75) is 146 Å². The Morgan fingerprint density at radius 3 is 2.31 bits per heavy atom. The van der Waals surface area contributed by atoms with Crippen LogP contribution in [-0.4, -0.2) is 134 Å². The summed E-state index contributed by atoms with van der Waals surface area (Å²) in [6, 6.07) is 13.9. The molecule has 1 aromatic carbocycles. The number of rotatable bonds is 10. The van der Waals surface area contributed by atoms with Crippen molar-refractivity contribution in [2.24, 2.45) is 17.3 Å². The van der Waals surface area contributed by atoms with Crippen LogP contribution in [0.4, 0.5) is 17.3 Å². The third-order valence-corrected chi connectivity index (χ3v) is 18.8. The molecule has 5 amide bonds. The first-order valence-corrected chi connectivity index (χ1v) is 27.4. The summed E-state index contributed by atoms with van der Waals surface area (Å²) in [5.41, 5.74) is 5.92. The largest absolute Gasteiger partial charge is 0.366 e. The van der Waals surface area contributed by atoms with Crippen molar-refractivity contribution in [3.63, 3.8) is 0 Å². The summed E-state index contributed by atoms with van der Waals surface area (Å²) in [6.45, 7) is 10.5. The highest BCUT2D eigenvalue weighted by Crippen LogP contribution is 2.60. The van der Waals surface area contributed by atoms with Gasteiger partial charge in [-0.2, -0.15) is 0 Å². The number of imidazole rings is 1. The Labute approximate surface area is 421 Å². The number of likely N-dealkylation sites (tertiary alicyclic amines) is 3. The zero-order chi connectivity index (χ0) is 49.0. The smallest absolute Gasteiger partial charge is 0.238 e. The van der Waals surface area contributed by atoms with E-state index < -0.39 is 5.41 Å². The van der Waals surface area contributed by atoms with E-state index in [0.29, 0.717) is 63.9 Å². The minimum Gasteiger partial charge on any atom is -0.366 e. The molecule has 16 nitrogen and oxygen atoms in total. The summed E-state index contributed by atoms with van der Waals surface area (Å²) in [4.78, 5) is 93.7.